The molecule has 0 unspecified atom stereocenters. The van der Waals surface area contributed by atoms with Crippen LogP contribution in [0.2, 0.25) is 0 Å². The lowest BCUT2D eigenvalue weighted by molar-refractivity contribution is 0.482. The van der Waals surface area contributed by atoms with Gasteiger partial charge in [0, 0.05) is 11.4 Å². The second kappa shape index (κ2) is 12.5. The quantitative estimate of drug-likeness (QED) is 0.265. The van der Waals surface area contributed by atoms with Gasteiger partial charge in [-0.15, -0.1) is 0 Å². The van der Waals surface area contributed by atoms with E-state index in [0.717, 1.165) is 28.4 Å². The molecule has 0 aliphatic carbocycles. The topological polar surface area (TPSA) is 21.3 Å². The van der Waals surface area contributed by atoms with Crippen LogP contribution in [0.5, 0.6) is 11.5 Å². The molecule has 0 heterocycles. The molecule has 1 N–H and O–H groups in total. The van der Waals surface area contributed by atoms with Gasteiger partial charge >= 0.3 is 0 Å². The second-order valence-corrected chi connectivity index (χ2v) is 7.59. The van der Waals surface area contributed by atoms with Crippen molar-refractivity contribution in [3.63, 3.8) is 0 Å². The van der Waals surface area contributed by atoms with Crippen LogP contribution < -0.4 is 10.1 Å². The molecule has 166 valence electrons. The van der Waals surface area contributed by atoms with Gasteiger partial charge in [-0.25, -0.2) is 0 Å². The van der Waals surface area contributed by atoms with Gasteiger partial charge in [0.15, 0.2) is 0 Å². The third kappa shape index (κ3) is 7.54. The summed E-state index contributed by atoms with van der Waals surface area (Å²) in [6, 6.07) is 48.4. The number of rotatable bonds is 6. The molecule has 0 saturated heterocycles. The van der Waals surface area contributed by atoms with E-state index in [1.54, 1.807) is 0 Å². The molecule has 0 amide bonds. The number of anilines is 2. The van der Waals surface area contributed by atoms with Crippen molar-refractivity contribution < 1.29 is 4.74 Å². The molecule has 2 nitrogen and oxygen atoms in total. The van der Waals surface area contributed by atoms with Gasteiger partial charge < -0.3 is 10.1 Å². The van der Waals surface area contributed by atoms with E-state index in [-0.39, 0.29) is 0 Å². The summed E-state index contributed by atoms with van der Waals surface area (Å²) in [5.41, 5.74) is 4.54. The lowest BCUT2D eigenvalue weighted by atomic mass is 10.1. The molecular weight excluding hydrogens is 414 g/mol. The van der Waals surface area contributed by atoms with Crippen molar-refractivity contribution in [2.24, 2.45) is 0 Å². The standard InChI is InChI=1S/C20H16O.C12H11N/c1-3-8-17(9-4-1)14-15-18-10-7-13-20(16-18)21-19-11-5-2-6-12-19;1-3-7-11(8-4-1)13-12-9-5-2-6-10-12/h1-16H;1-10,13H. The largest absolute Gasteiger partial charge is 0.457 e. The molecule has 0 aromatic heterocycles. The van der Waals surface area contributed by atoms with E-state index < -0.39 is 0 Å². The van der Waals surface area contributed by atoms with E-state index in [1.807, 2.05) is 127 Å². The van der Waals surface area contributed by atoms with Crippen LogP contribution in [0.15, 0.2) is 146 Å². The smallest absolute Gasteiger partial charge is 0.128 e. The number of hydrogen-bond acceptors (Lipinski definition) is 2. The summed E-state index contributed by atoms with van der Waals surface area (Å²) in [4.78, 5) is 0. The molecule has 5 aromatic rings. The Morgan fingerprint density at radius 3 is 1.44 bits per heavy atom. The maximum atomic E-state index is 5.84. The van der Waals surface area contributed by atoms with Crippen molar-refractivity contribution in [3.05, 3.63) is 157 Å². The van der Waals surface area contributed by atoms with Gasteiger partial charge in [-0.1, -0.05) is 109 Å². The third-order valence-electron chi connectivity index (χ3n) is 4.94. The maximum Gasteiger partial charge on any atom is 0.128 e. The van der Waals surface area contributed by atoms with Gasteiger partial charge in [0.1, 0.15) is 11.5 Å². The Morgan fingerprint density at radius 1 is 0.412 bits per heavy atom. The number of ether oxygens (including phenoxy) is 1. The zero-order valence-corrected chi connectivity index (χ0v) is 18.9. The fourth-order valence-corrected chi connectivity index (χ4v) is 3.27. The van der Waals surface area contributed by atoms with Crippen LogP contribution in [0.3, 0.4) is 0 Å². The summed E-state index contributed by atoms with van der Waals surface area (Å²) in [5, 5.41) is 3.30. The maximum absolute atomic E-state index is 5.84. The first-order chi connectivity index (χ1) is 16.8. The minimum atomic E-state index is 0.844. The highest BCUT2D eigenvalue weighted by Gasteiger charge is 1.97. The van der Waals surface area contributed by atoms with Gasteiger partial charge in [-0.3, -0.25) is 0 Å². The van der Waals surface area contributed by atoms with E-state index in [9.17, 15) is 0 Å². The van der Waals surface area contributed by atoms with Crippen LogP contribution in [0.1, 0.15) is 11.1 Å². The molecule has 0 aliphatic rings. The highest BCUT2D eigenvalue weighted by Crippen LogP contribution is 2.22. The molecule has 2 heteroatoms. The Morgan fingerprint density at radius 2 is 0.853 bits per heavy atom. The predicted octanol–water partition coefficient (Wildman–Crippen LogP) is 9.08. The number of benzene rings is 5. The number of nitrogens with one attached hydrogen (secondary N) is 1. The Kier molecular flexibility index (Phi) is 8.30. The fourth-order valence-electron chi connectivity index (χ4n) is 3.27. The van der Waals surface area contributed by atoms with E-state index in [1.165, 1.54) is 5.56 Å². The molecule has 0 saturated carbocycles. The van der Waals surface area contributed by atoms with Crippen LogP contribution in [0, 0.1) is 0 Å². The second-order valence-electron chi connectivity index (χ2n) is 7.59. The average Bonchev–Trinajstić information content (AvgIpc) is 2.91. The normalized spacial score (nSPS) is 10.2. The first kappa shape index (κ1) is 22.6. The Bertz CT molecular complexity index is 1230. The van der Waals surface area contributed by atoms with Crippen LogP contribution in [-0.2, 0) is 0 Å². The Labute approximate surface area is 201 Å². The minimum absolute atomic E-state index is 0.844. The number of hydrogen-bond donors (Lipinski definition) is 1. The van der Waals surface area contributed by atoms with Crippen molar-refractivity contribution in [3.8, 4) is 11.5 Å². The van der Waals surface area contributed by atoms with E-state index in [4.69, 9.17) is 4.74 Å². The monoisotopic (exact) mass is 441 g/mol. The van der Waals surface area contributed by atoms with E-state index in [0.29, 0.717) is 0 Å². The van der Waals surface area contributed by atoms with Crippen molar-refractivity contribution in [1.82, 2.24) is 0 Å². The minimum Gasteiger partial charge on any atom is -0.457 e. The highest BCUT2D eigenvalue weighted by atomic mass is 16.5. The lowest BCUT2D eigenvalue weighted by Gasteiger charge is -2.05. The molecular formula is C32H27NO. The van der Waals surface area contributed by atoms with Gasteiger partial charge in [-0.05, 0) is 59.7 Å². The summed E-state index contributed by atoms with van der Waals surface area (Å²) >= 11 is 0. The molecule has 0 fully saturated rings. The highest BCUT2D eigenvalue weighted by molar-refractivity contribution is 5.70. The first-order valence-corrected chi connectivity index (χ1v) is 11.3. The SMILES string of the molecule is C(=Cc1cccc(Oc2ccccc2)c1)c1ccccc1.c1ccc(Nc2ccccc2)cc1. The molecule has 34 heavy (non-hydrogen) atoms. The van der Waals surface area contributed by atoms with Crippen molar-refractivity contribution in [1.29, 1.82) is 0 Å². The van der Waals surface area contributed by atoms with Gasteiger partial charge in [0.05, 0.1) is 0 Å². The molecule has 5 aromatic carbocycles. The van der Waals surface area contributed by atoms with Crippen molar-refractivity contribution in [2.75, 3.05) is 5.32 Å². The summed E-state index contributed by atoms with van der Waals surface area (Å²) in [7, 11) is 0. The predicted molar refractivity (Wildman–Crippen MR) is 144 cm³/mol. The zero-order valence-electron chi connectivity index (χ0n) is 18.9. The van der Waals surface area contributed by atoms with Crippen LogP contribution in [-0.4, -0.2) is 0 Å². The number of para-hydroxylation sites is 3. The summed E-state index contributed by atoms with van der Waals surface area (Å²) < 4.78 is 5.84. The first-order valence-electron chi connectivity index (χ1n) is 11.3. The fraction of sp³-hybridized carbons (Fsp3) is 0. The Balaban J connectivity index is 0.000000180. The van der Waals surface area contributed by atoms with Crippen LogP contribution in [0.25, 0.3) is 12.2 Å². The summed E-state index contributed by atoms with van der Waals surface area (Å²) in [6.07, 6.45) is 4.19. The molecule has 0 atom stereocenters. The van der Waals surface area contributed by atoms with Gasteiger partial charge in [0.2, 0.25) is 0 Å². The average molecular weight is 442 g/mol. The molecule has 0 spiro atoms. The van der Waals surface area contributed by atoms with Crippen molar-refractivity contribution in [2.45, 2.75) is 0 Å². The van der Waals surface area contributed by atoms with Gasteiger partial charge in [0.25, 0.3) is 0 Å². The molecule has 0 aliphatic heterocycles. The van der Waals surface area contributed by atoms with Crippen molar-refractivity contribution >= 4 is 23.5 Å². The molecule has 0 bridgehead atoms. The molecule has 0 radical (unpaired) electrons. The van der Waals surface area contributed by atoms with E-state index in [2.05, 4.69) is 35.7 Å². The zero-order chi connectivity index (χ0) is 23.3. The third-order valence-corrected chi connectivity index (χ3v) is 4.94. The van der Waals surface area contributed by atoms with E-state index >= 15 is 0 Å². The van der Waals surface area contributed by atoms with Crippen LogP contribution >= 0.6 is 0 Å². The summed E-state index contributed by atoms with van der Waals surface area (Å²) in [5.74, 6) is 1.69. The molecule has 5 rings (SSSR count). The lowest BCUT2D eigenvalue weighted by Crippen LogP contribution is -1.87. The Hall–Kier alpha value is -4.56. The van der Waals surface area contributed by atoms with Gasteiger partial charge in [-0.2, -0.15) is 0 Å². The van der Waals surface area contributed by atoms with Crippen LogP contribution in [0.4, 0.5) is 11.4 Å². The summed E-state index contributed by atoms with van der Waals surface area (Å²) in [6.45, 7) is 0.